The fraction of sp³-hybridized carbons (Fsp3) is 0.458. The van der Waals surface area contributed by atoms with E-state index in [4.69, 9.17) is 9.47 Å². The Balaban J connectivity index is 1.82. The smallest absolute Gasteiger partial charge is 0.254 e. The average Bonchev–Trinajstić information content (AvgIpc) is 2.77. The van der Waals surface area contributed by atoms with Gasteiger partial charge >= 0.3 is 0 Å². The Bertz CT molecular complexity index is 868. The minimum Gasteiger partial charge on any atom is -0.497 e. The van der Waals surface area contributed by atoms with Crippen LogP contribution in [0.1, 0.15) is 54.1 Å². The highest BCUT2D eigenvalue weighted by molar-refractivity contribution is 5.94. The molecule has 0 spiro atoms. The van der Waals surface area contributed by atoms with Crippen molar-refractivity contribution in [1.82, 2.24) is 4.90 Å². The number of carbonyl (C=O) groups is 1. The highest BCUT2D eigenvalue weighted by Crippen LogP contribution is 2.51. The van der Waals surface area contributed by atoms with E-state index in [1.54, 1.807) is 14.2 Å². The SMILES string of the molecule is COc1ccc(OC)c([C@H]2[C@H]3CCCC[C@@]3(O)CCN2C(=O)c2ccccc2)c1. The molecule has 1 aliphatic carbocycles. The lowest BCUT2D eigenvalue weighted by Crippen LogP contribution is -2.56. The quantitative estimate of drug-likeness (QED) is 0.842. The lowest BCUT2D eigenvalue weighted by Gasteiger charge is -2.52. The molecule has 2 aromatic carbocycles. The molecule has 29 heavy (non-hydrogen) atoms. The molecule has 5 heteroatoms. The molecular formula is C24H29NO4. The molecule has 0 bridgehead atoms. The van der Waals surface area contributed by atoms with Crippen LogP contribution in [0.2, 0.25) is 0 Å². The molecule has 0 aromatic heterocycles. The Labute approximate surface area is 172 Å². The van der Waals surface area contributed by atoms with Gasteiger partial charge in [-0.1, -0.05) is 31.0 Å². The summed E-state index contributed by atoms with van der Waals surface area (Å²) >= 11 is 0. The maximum Gasteiger partial charge on any atom is 0.254 e. The van der Waals surface area contributed by atoms with Crippen LogP contribution in [0.3, 0.4) is 0 Å². The zero-order chi connectivity index (χ0) is 20.4. The van der Waals surface area contributed by atoms with Crippen molar-refractivity contribution in [2.24, 2.45) is 5.92 Å². The Morgan fingerprint density at radius 2 is 1.86 bits per heavy atom. The Kier molecular flexibility index (Phi) is 5.50. The van der Waals surface area contributed by atoms with Crippen LogP contribution < -0.4 is 9.47 Å². The molecule has 2 fully saturated rings. The maximum absolute atomic E-state index is 13.5. The van der Waals surface area contributed by atoms with Crippen molar-refractivity contribution in [2.45, 2.75) is 43.7 Å². The van der Waals surface area contributed by atoms with Crippen LogP contribution in [0.4, 0.5) is 0 Å². The van der Waals surface area contributed by atoms with Gasteiger partial charge in [-0.05, 0) is 49.6 Å². The number of piperidine rings is 1. The van der Waals surface area contributed by atoms with E-state index >= 15 is 0 Å². The number of ether oxygens (including phenoxy) is 2. The van der Waals surface area contributed by atoms with Gasteiger partial charge in [-0.3, -0.25) is 4.79 Å². The van der Waals surface area contributed by atoms with Gasteiger partial charge in [0.15, 0.2) is 0 Å². The van der Waals surface area contributed by atoms with Gasteiger partial charge in [0.2, 0.25) is 0 Å². The fourth-order valence-electron chi connectivity index (χ4n) is 5.11. The predicted molar refractivity (Wildman–Crippen MR) is 111 cm³/mol. The summed E-state index contributed by atoms with van der Waals surface area (Å²) in [7, 11) is 3.28. The lowest BCUT2D eigenvalue weighted by molar-refractivity contribution is -0.115. The third-order valence-electron chi connectivity index (χ3n) is 6.60. The van der Waals surface area contributed by atoms with Gasteiger partial charge in [0.1, 0.15) is 11.5 Å². The number of aliphatic hydroxyl groups is 1. The van der Waals surface area contributed by atoms with Crippen LogP contribution in [0.5, 0.6) is 11.5 Å². The number of nitrogens with zero attached hydrogens (tertiary/aromatic N) is 1. The Morgan fingerprint density at radius 1 is 1.07 bits per heavy atom. The molecule has 3 atom stereocenters. The van der Waals surface area contributed by atoms with E-state index in [-0.39, 0.29) is 17.9 Å². The summed E-state index contributed by atoms with van der Waals surface area (Å²) in [5, 5.41) is 11.5. The molecule has 2 aliphatic rings. The first-order valence-corrected chi connectivity index (χ1v) is 10.4. The first-order chi connectivity index (χ1) is 14.1. The fourth-order valence-corrected chi connectivity index (χ4v) is 5.11. The monoisotopic (exact) mass is 395 g/mol. The zero-order valence-corrected chi connectivity index (χ0v) is 17.1. The molecule has 1 aliphatic heterocycles. The van der Waals surface area contributed by atoms with Crippen molar-refractivity contribution in [3.8, 4) is 11.5 Å². The van der Waals surface area contributed by atoms with Crippen molar-refractivity contribution in [3.05, 3.63) is 59.7 Å². The van der Waals surface area contributed by atoms with Crippen molar-refractivity contribution in [2.75, 3.05) is 20.8 Å². The summed E-state index contributed by atoms with van der Waals surface area (Å²) in [5.74, 6) is 1.40. The summed E-state index contributed by atoms with van der Waals surface area (Å²) in [6.07, 6.45) is 4.37. The minimum absolute atomic E-state index is 0.00639. The van der Waals surface area contributed by atoms with Gasteiger partial charge in [-0.2, -0.15) is 0 Å². The maximum atomic E-state index is 13.5. The number of amides is 1. The van der Waals surface area contributed by atoms with Crippen LogP contribution in [0, 0.1) is 5.92 Å². The van der Waals surface area contributed by atoms with Crippen LogP contribution in [0.25, 0.3) is 0 Å². The highest BCUT2D eigenvalue weighted by Gasteiger charge is 2.51. The number of methoxy groups -OCH3 is 2. The standard InChI is InChI=1S/C24H29NO4/c1-28-18-11-12-21(29-2)19(16-18)22-20-10-6-7-13-24(20,27)14-15-25(22)23(26)17-8-4-3-5-9-17/h3-5,8-9,11-12,16,20,22,27H,6-7,10,13-15H2,1-2H3/t20-,22+,24-/m1/s1. The Morgan fingerprint density at radius 3 is 2.59 bits per heavy atom. The van der Waals surface area contributed by atoms with E-state index in [2.05, 4.69) is 0 Å². The molecule has 4 rings (SSSR count). The van der Waals surface area contributed by atoms with E-state index in [9.17, 15) is 9.90 Å². The van der Waals surface area contributed by atoms with Crippen molar-refractivity contribution >= 4 is 5.91 Å². The van der Waals surface area contributed by atoms with Crippen molar-refractivity contribution < 1.29 is 19.4 Å². The van der Waals surface area contributed by atoms with E-state index < -0.39 is 5.60 Å². The number of benzene rings is 2. The largest absolute Gasteiger partial charge is 0.497 e. The van der Waals surface area contributed by atoms with E-state index in [0.29, 0.717) is 18.5 Å². The van der Waals surface area contributed by atoms with Crippen molar-refractivity contribution in [1.29, 1.82) is 0 Å². The molecule has 1 heterocycles. The van der Waals surface area contributed by atoms with Gasteiger partial charge in [-0.15, -0.1) is 0 Å². The third-order valence-corrected chi connectivity index (χ3v) is 6.60. The zero-order valence-electron chi connectivity index (χ0n) is 17.1. The molecular weight excluding hydrogens is 366 g/mol. The second-order valence-corrected chi connectivity index (χ2v) is 8.12. The molecule has 1 N–H and O–H groups in total. The van der Waals surface area contributed by atoms with Gasteiger partial charge in [0, 0.05) is 23.6 Å². The first kappa shape index (κ1) is 19.8. The summed E-state index contributed by atoms with van der Waals surface area (Å²) in [6.45, 7) is 0.520. The summed E-state index contributed by atoms with van der Waals surface area (Å²) in [6, 6.07) is 14.8. The predicted octanol–water partition coefficient (Wildman–Crippen LogP) is 4.21. The van der Waals surface area contributed by atoms with Gasteiger partial charge in [-0.25, -0.2) is 0 Å². The van der Waals surface area contributed by atoms with Crippen LogP contribution in [-0.4, -0.2) is 42.3 Å². The van der Waals surface area contributed by atoms with E-state index in [0.717, 1.165) is 42.7 Å². The molecule has 0 radical (unpaired) electrons. The summed E-state index contributed by atoms with van der Waals surface area (Å²) in [4.78, 5) is 15.4. The minimum atomic E-state index is -0.746. The molecule has 1 saturated carbocycles. The van der Waals surface area contributed by atoms with Gasteiger partial charge < -0.3 is 19.5 Å². The van der Waals surface area contributed by atoms with E-state index in [1.165, 1.54) is 0 Å². The molecule has 0 unspecified atom stereocenters. The molecule has 1 amide bonds. The normalized spacial score (nSPS) is 26.5. The number of carbonyl (C=O) groups excluding carboxylic acids is 1. The molecule has 5 nitrogen and oxygen atoms in total. The number of hydrogen-bond donors (Lipinski definition) is 1. The van der Waals surface area contributed by atoms with Crippen LogP contribution in [0.15, 0.2) is 48.5 Å². The number of likely N-dealkylation sites (tertiary alicyclic amines) is 1. The molecule has 154 valence electrons. The number of hydrogen-bond acceptors (Lipinski definition) is 4. The summed E-state index contributed by atoms with van der Waals surface area (Å²) < 4.78 is 11.1. The first-order valence-electron chi connectivity index (χ1n) is 10.4. The van der Waals surface area contributed by atoms with E-state index in [1.807, 2.05) is 53.4 Å². The third kappa shape index (κ3) is 3.60. The number of fused-ring (bicyclic) bond motifs is 1. The highest BCUT2D eigenvalue weighted by atomic mass is 16.5. The second kappa shape index (κ2) is 8.07. The molecule has 1 saturated heterocycles. The Hall–Kier alpha value is -2.53. The lowest BCUT2D eigenvalue weighted by atomic mass is 9.66. The second-order valence-electron chi connectivity index (χ2n) is 8.12. The average molecular weight is 395 g/mol. The van der Waals surface area contributed by atoms with Gasteiger partial charge in [0.05, 0.1) is 25.9 Å². The van der Waals surface area contributed by atoms with Crippen LogP contribution >= 0.6 is 0 Å². The summed E-state index contributed by atoms with van der Waals surface area (Å²) in [5.41, 5.74) is 0.826. The molecule has 2 aromatic rings. The van der Waals surface area contributed by atoms with Crippen molar-refractivity contribution in [3.63, 3.8) is 0 Å². The number of rotatable bonds is 4. The topological polar surface area (TPSA) is 59.0 Å². The van der Waals surface area contributed by atoms with Gasteiger partial charge in [0.25, 0.3) is 5.91 Å². The van der Waals surface area contributed by atoms with Crippen LogP contribution in [-0.2, 0) is 0 Å².